The number of Topliss-reactive ketones (excluding diaryl/α,β-unsaturated/α-hetero) is 1. The largest absolute Gasteiger partial charge is 0.381 e. The number of aryl methyl sites for hydroxylation is 1. The number of hydrogen-bond acceptors (Lipinski definition) is 8. The predicted octanol–water partition coefficient (Wildman–Crippen LogP) is 2.87. The van der Waals surface area contributed by atoms with E-state index in [2.05, 4.69) is 25.5 Å². The molecule has 0 bridgehead atoms. The van der Waals surface area contributed by atoms with E-state index in [-0.39, 0.29) is 11.7 Å². The number of tetrazole rings is 1. The average Bonchev–Trinajstić information content (AvgIpc) is 3.31. The topological polar surface area (TPSA) is 122 Å². The molecule has 9 heteroatoms. The fraction of sp³-hybridized carbons (Fsp3) is 0.280. The maximum atomic E-state index is 13.7. The molecule has 172 valence electrons. The zero-order valence-electron chi connectivity index (χ0n) is 18.9. The number of carbonyl (C=O) groups is 1. The van der Waals surface area contributed by atoms with E-state index in [1.165, 1.54) is 0 Å². The van der Waals surface area contributed by atoms with Crippen LogP contribution in [0.4, 0.5) is 5.95 Å². The van der Waals surface area contributed by atoms with E-state index >= 15 is 0 Å². The number of benzene rings is 2. The summed E-state index contributed by atoms with van der Waals surface area (Å²) in [5.74, 6) is 1.15. The molecule has 5 rings (SSSR count). The van der Waals surface area contributed by atoms with Gasteiger partial charge in [0.05, 0.1) is 11.1 Å². The minimum atomic E-state index is -0.570. The SMILES string of the molecule is Cc1nnnn1-c1ccc(CC(=O)C2(c3ccc(-c4cnc(N)nc4)cc3)CCOCC2)cc1. The summed E-state index contributed by atoms with van der Waals surface area (Å²) in [7, 11) is 0. The molecule has 2 aromatic heterocycles. The van der Waals surface area contributed by atoms with E-state index in [1.54, 1.807) is 17.1 Å². The first-order valence-electron chi connectivity index (χ1n) is 11.2. The van der Waals surface area contributed by atoms with Crippen molar-refractivity contribution in [3.05, 3.63) is 77.9 Å². The molecule has 1 fully saturated rings. The zero-order valence-corrected chi connectivity index (χ0v) is 18.9. The van der Waals surface area contributed by atoms with Crippen LogP contribution >= 0.6 is 0 Å². The van der Waals surface area contributed by atoms with Crippen LogP contribution in [0.15, 0.2) is 60.9 Å². The molecular formula is C25H25N7O2. The highest BCUT2D eigenvalue weighted by Gasteiger charge is 2.41. The number of aromatic nitrogens is 6. The van der Waals surface area contributed by atoms with Gasteiger partial charge < -0.3 is 10.5 Å². The van der Waals surface area contributed by atoms with Crippen LogP contribution in [0, 0.1) is 6.92 Å². The van der Waals surface area contributed by atoms with Gasteiger partial charge in [0.15, 0.2) is 5.82 Å². The Morgan fingerprint density at radius 1 is 1.00 bits per heavy atom. The molecule has 0 saturated carbocycles. The molecule has 0 spiro atoms. The molecule has 1 saturated heterocycles. The molecule has 0 unspecified atom stereocenters. The first kappa shape index (κ1) is 21.8. The lowest BCUT2D eigenvalue weighted by molar-refractivity contribution is -0.127. The van der Waals surface area contributed by atoms with E-state index in [9.17, 15) is 4.79 Å². The molecule has 9 nitrogen and oxygen atoms in total. The average molecular weight is 456 g/mol. The standard InChI is InChI=1S/C25H25N7O2/c1-17-29-30-31-32(17)22-8-2-18(3-9-22)14-23(33)25(10-12-34-13-11-25)21-6-4-19(5-7-21)20-15-27-24(26)28-16-20/h2-9,15-16H,10-14H2,1H3,(H2,26,27,28). The Labute approximate surface area is 197 Å². The number of ketones is 1. The van der Waals surface area contributed by atoms with Crippen molar-refractivity contribution in [3.63, 3.8) is 0 Å². The second kappa shape index (κ2) is 9.11. The van der Waals surface area contributed by atoms with E-state index in [4.69, 9.17) is 10.5 Å². The molecule has 0 aliphatic carbocycles. The van der Waals surface area contributed by atoms with Crippen molar-refractivity contribution in [3.8, 4) is 16.8 Å². The summed E-state index contributed by atoms with van der Waals surface area (Å²) >= 11 is 0. The molecule has 0 radical (unpaired) electrons. The van der Waals surface area contributed by atoms with Gasteiger partial charge in [-0.05, 0) is 59.0 Å². The summed E-state index contributed by atoms with van der Waals surface area (Å²) in [5.41, 5.74) is 9.73. The minimum Gasteiger partial charge on any atom is -0.381 e. The summed E-state index contributed by atoms with van der Waals surface area (Å²) in [6.07, 6.45) is 5.08. The highest BCUT2D eigenvalue weighted by Crippen LogP contribution is 2.37. The van der Waals surface area contributed by atoms with Crippen molar-refractivity contribution in [2.24, 2.45) is 0 Å². The second-order valence-electron chi connectivity index (χ2n) is 8.51. The maximum absolute atomic E-state index is 13.7. The Bertz CT molecular complexity index is 1280. The normalized spacial score (nSPS) is 15.2. The van der Waals surface area contributed by atoms with Crippen molar-refractivity contribution >= 4 is 11.7 Å². The number of anilines is 1. The van der Waals surface area contributed by atoms with Crippen LogP contribution in [-0.4, -0.2) is 49.2 Å². The Kier molecular flexibility index (Phi) is 5.85. The number of nitrogens with two attached hydrogens (primary N) is 1. The van der Waals surface area contributed by atoms with Gasteiger partial charge in [0.25, 0.3) is 0 Å². The summed E-state index contributed by atoms with van der Waals surface area (Å²) in [4.78, 5) is 21.9. The lowest BCUT2D eigenvalue weighted by atomic mass is 9.69. The maximum Gasteiger partial charge on any atom is 0.219 e. The number of ether oxygens (including phenoxy) is 1. The van der Waals surface area contributed by atoms with Gasteiger partial charge in [-0.2, -0.15) is 4.68 Å². The summed E-state index contributed by atoms with van der Waals surface area (Å²) in [6, 6.07) is 15.9. The van der Waals surface area contributed by atoms with Crippen LogP contribution < -0.4 is 5.73 Å². The molecular weight excluding hydrogens is 430 g/mol. The fourth-order valence-electron chi connectivity index (χ4n) is 4.50. The van der Waals surface area contributed by atoms with E-state index in [0.717, 1.165) is 27.9 Å². The van der Waals surface area contributed by atoms with Gasteiger partial charge in [0.1, 0.15) is 5.78 Å². The number of rotatable bonds is 6. The molecule has 3 heterocycles. The molecule has 0 atom stereocenters. The Balaban J connectivity index is 1.39. The molecule has 2 N–H and O–H groups in total. The van der Waals surface area contributed by atoms with Gasteiger partial charge in [-0.15, -0.1) is 5.10 Å². The summed E-state index contributed by atoms with van der Waals surface area (Å²) in [5, 5.41) is 11.6. The lowest BCUT2D eigenvalue weighted by Crippen LogP contribution is -2.42. The van der Waals surface area contributed by atoms with Crippen LogP contribution in [0.1, 0.15) is 29.8 Å². The molecule has 2 aromatic carbocycles. The van der Waals surface area contributed by atoms with Gasteiger partial charge >= 0.3 is 0 Å². The number of hydrogen-bond donors (Lipinski definition) is 1. The third-order valence-electron chi connectivity index (χ3n) is 6.49. The lowest BCUT2D eigenvalue weighted by Gasteiger charge is -2.36. The molecule has 0 amide bonds. The molecule has 34 heavy (non-hydrogen) atoms. The Morgan fingerprint density at radius 3 is 2.29 bits per heavy atom. The van der Waals surface area contributed by atoms with Crippen molar-refractivity contribution in [2.45, 2.75) is 31.6 Å². The van der Waals surface area contributed by atoms with Gasteiger partial charge in [-0.3, -0.25) is 4.79 Å². The summed E-state index contributed by atoms with van der Waals surface area (Å²) in [6.45, 7) is 2.98. The van der Waals surface area contributed by atoms with E-state index in [1.807, 2.05) is 55.5 Å². The van der Waals surface area contributed by atoms with E-state index < -0.39 is 5.41 Å². The van der Waals surface area contributed by atoms with Crippen LogP contribution in [0.2, 0.25) is 0 Å². The first-order valence-corrected chi connectivity index (χ1v) is 11.2. The fourth-order valence-corrected chi connectivity index (χ4v) is 4.50. The van der Waals surface area contributed by atoms with Crippen molar-refractivity contribution in [2.75, 3.05) is 18.9 Å². The van der Waals surface area contributed by atoms with E-state index in [0.29, 0.717) is 38.3 Å². The summed E-state index contributed by atoms with van der Waals surface area (Å²) < 4.78 is 7.28. The Morgan fingerprint density at radius 2 is 1.68 bits per heavy atom. The molecule has 4 aromatic rings. The monoisotopic (exact) mass is 455 g/mol. The van der Waals surface area contributed by atoms with Crippen molar-refractivity contribution in [1.29, 1.82) is 0 Å². The number of nitrogen functional groups attached to an aromatic ring is 1. The third kappa shape index (κ3) is 4.17. The predicted molar refractivity (Wildman–Crippen MR) is 126 cm³/mol. The zero-order chi connectivity index (χ0) is 23.5. The van der Waals surface area contributed by atoms with Crippen molar-refractivity contribution < 1.29 is 9.53 Å². The van der Waals surface area contributed by atoms with Crippen LogP contribution in [0.3, 0.4) is 0 Å². The van der Waals surface area contributed by atoms with Crippen LogP contribution in [0.5, 0.6) is 0 Å². The van der Waals surface area contributed by atoms with Gasteiger partial charge in [0, 0.05) is 37.6 Å². The van der Waals surface area contributed by atoms with Crippen LogP contribution in [-0.2, 0) is 21.4 Å². The third-order valence-corrected chi connectivity index (χ3v) is 6.49. The smallest absolute Gasteiger partial charge is 0.219 e. The Hall–Kier alpha value is -3.98. The van der Waals surface area contributed by atoms with Gasteiger partial charge in [-0.1, -0.05) is 36.4 Å². The second-order valence-corrected chi connectivity index (χ2v) is 8.51. The highest BCUT2D eigenvalue weighted by molar-refractivity contribution is 5.92. The van der Waals surface area contributed by atoms with Crippen molar-refractivity contribution in [1.82, 2.24) is 30.2 Å². The minimum absolute atomic E-state index is 0.200. The quantitative estimate of drug-likeness (QED) is 0.471. The van der Waals surface area contributed by atoms with Gasteiger partial charge in [0.2, 0.25) is 5.95 Å². The molecule has 1 aliphatic rings. The number of carbonyl (C=O) groups excluding carboxylic acids is 1. The highest BCUT2D eigenvalue weighted by atomic mass is 16.5. The van der Waals surface area contributed by atoms with Gasteiger partial charge in [-0.25, -0.2) is 9.97 Å². The number of nitrogens with zero attached hydrogens (tertiary/aromatic N) is 6. The van der Waals surface area contributed by atoms with Crippen LogP contribution in [0.25, 0.3) is 16.8 Å². The molecule has 1 aliphatic heterocycles. The first-order chi connectivity index (χ1) is 16.5.